The number of hydrogen-bond acceptors (Lipinski definition) is 6. The molecule has 0 radical (unpaired) electrons. The average molecular weight is 268 g/mol. The number of amides is 1. The van der Waals surface area contributed by atoms with E-state index in [4.69, 9.17) is 4.74 Å². The molecule has 0 spiro atoms. The van der Waals surface area contributed by atoms with Crippen molar-refractivity contribution >= 4 is 5.91 Å². The summed E-state index contributed by atoms with van der Waals surface area (Å²) in [6, 6.07) is 0.384. The summed E-state index contributed by atoms with van der Waals surface area (Å²) in [6.07, 6.45) is 3.73. The first-order valence-corrected chi connectivity index (χ1v) is 6.50. The summed E-state index contributed by atoms with van der Waals surface area (Å²) in [6.45, 7) is 3.04. The molecule has 1 N–H and O–H groups in total. The van der Waals surface area contributed by atoms with E-state index >= 15 is 0 Å². The van der Waals surface area contributed by atoms with Crippen LogP contribution in [0.5, 0.6) is 0 Å². The second-order valence-corrected chi connectivity index (χ2v) is 4.63. The lowest BCUT2D eigenvalue weighted by molar-refractivity contribution is -0.133. The zero-order chi connectivity index (χ0) is 13.5. The molecule has 1 amide bonds. The first-order valence-electron chi connectivity index (χ1n) is 6.50. The lowest BCUT2D eigenvalue weighted by Gasteiger charge is -2.25. The highest BCUT2D eigenvalue weighted by molar-refractivity contribution is 5.75. The molecule has 1 saturated heterocycles. The van der Waals surface area contributed by atoms with Gasteiger partial charge >= 0.3 is 0 Å². The molecule has 0 aromatic carbocycles. The fraction of sp³-hybridized carbons (Fsp3) is 0.818. The molecule has 2 heterocycles. The third-order valence-electron chi connectivity index (χ3n) is 3.21. The Morgan fingerprint density at radius 2 is 2.53 bits per heavy atom. The molecule has 8 nitrogen and oxygen atoms in total. The molecule has 2 rings (SSSR count). The molecular formula is C11H20N6O2. The van der Waals surface area contributed by atoms with Gasteiger partial charge in [-0.05, 0) is 29.8 Å². The molecule has 1 fully saturated rings. The van der Waals surface area contributed by atoms with Crippen LogP contribution in [0.1, 0.15) is 12.8 Å². The lowest BCUT2D eigenvalue weighted by atomic mass is 10.2. The van der Waals surface area contributed by atoms with Crippen LogP contribution in [-0.2, 0) is 16.1 Å². The number of rotatable bonds is 7. The predicted molar refractivity (Wildman–Crippen MR) is 67.3 cm³/mol. The summed E-state index contributed by atoms with van der Waals surface area (Å²) in [4.78, 5) is 14.0. The molecule has 1 aromatic rings. The number of nitrogens with zero attached hydrogens (tertiary/aromatic N) is 5. The number of aromatic nitrogens is 4. The van der Waals surface area contributed by atoms with E-state index in [0.717, 1.165) is 13.0 Å². The Morgan fingerprint density at radius 3 is 3.16 bits per heavy atom. The Hall–Kier alpha value is -1.54. The maximum absolute atomic E-state index is 12.2. The minimum absolute atomic E-state index is 0.0121. The summed E-state index contributed by atoms with van der Waals surface area (Å²) in [7, 11) is 1.64. The van der Waals surface area contributed by atoms with Gasteiger partial charge < -0.3 is 15.0 Å². The number of tetrazole rings is 1. The fourth-order valence-corrected chi connectivity index (χ4v) is 2.19. The van der Waals surface area contributed by atoms with Gasteiger partial charge in [-0.1, -0.05) is 0 Å². The molecule has 1 aliphatic heterocycles. The summed E-state index contributed by atoms with van der Waals surface area (Å²) < 4.78 is 6.50. The van der Waals surface area contributed by atoms with Crippen molar-refractivity contribution in [3.8, 4) is 0 Å². The van der Waals surface area contributed by atoms with Crippen molar-refractivity contribution in [2.24, 2.45) is 0 Å². The standard InChI is InChI=1S/C11H20N6O2/c1-19-6-5-16(7-10-3-2-4-12-10)11(18)8-17-9-13-14-15-17/h9-10,12H,2-8H2,1H3. The van der Waals surface area contributed by atoms with Gasteiger partial charge in [-0.15, -0.1) is 5.10 Å². The van der Waals surface area contributed by atoms with Crippen LogP contribution in [0.15, 0.2) is 6.33 Å². The minimum atomic E-state index is 0.0121. The van der Waals surface area contributed by atoms with Crippen LogP contribution in [0.3, 0.4) is 0 Å². The number of methoxy groups -OCH3 is 1. The molecular weight excluding hydrogens is 248 g/mol. The normalized spacial score (nSPS) is 18.7. The van der Waals surface area contributed by atoms with Gasteiger partial charge in [0, 0.05) is 26.2 Å². The highest BCUT2D eigenvalue weighted by Crippen LogP contribution is 2.07. The Labute approximate surface area is 112 Å². The Bertz CT molecular complexity index is 377. The molecule has 1 aromatic heterocycles. The number of ether oxygens (including phenoxy) is 1. The topological polar surface area (TPSA) is 85.2 Å². The van der Waals surface area contributed by atoms with Crippen LogP contribution < -0.4 is 5.32 Å². The van der Waals surface area contributed by atoms with Crippen LogP contribution in [0, 0.1) is 0 Å². The van der Waals surface area contributed by atoms with Gasteiger partial charge in [0.1, 0.15) is 12.9 Å². The molecule has 106 valence electrons. The molecule has 1 unspecified atom stereocenters. The van der Waals surface area contributed by atoms with Crippen molar-refractivity contribution in [3.05, 3.63) is 6.33 Å². The van der Waals surface area contributed by atoms with Gasteiger partial charge in [0.15, 0.2) is 0 Å². The van der Waals surface area contributed by atoms with Crippen LogP contribution in [0.2, 0.25) is 0 Å². The quantitative estimate of drug-likeness (QED) is 0.675. The van der Waals surface area contributed by atoms with E-state index in [0.29, 0.717) is 25.7 Å². The Morgan fingerprint density at radius 1 is 1.63 bits per heavy atom. The maximum atomic E-state index is 12.2. The molecule has 19 heavy (non-hydrogen) atoms. The van der Waals surface area contributed by atoms with Gasteiger partial charge in [0.05, 0.1) is 6.61 Å². The number of carbonyl (C=O) groups is 1. The molecule has 1 atom stereocenters. The van der Waals surface area contributed by atoms with E-state index < -0.39 is 0 Å². The predicted octanol–water partition coefficient (Wildman–Crippen LogP) is -1.10. The largest absolute Gasteiger partial charge is 0.383 e. The van der Waals surface area contributed by atoms with Crippen LogP contribution in [-0.4, -0.2) is 70.4 Å². The van der Waals surface area contributed by atoms with Gasteiger partial charge in [-0.3, -0.25) is 4.79 Å². The van der Waals surface area contributed by atoms with Crippen molar-refractivity contribution < 1.29 is 9.53 Å². The van der Waals surface area contributed by atoms with Crippen LogP contribution >= 0.6 is 0 Å². The molecule has 1 aliphatic rings. The third-order valence-corrected chi connectivity index (χ3v) is 3.21. The van der Waals surface area contributed by atoms with E-state index in [1.54, 1.807) is 7.11 Å². The van der Waals surface area contributed by atoms with Gasteiger partial charge in [0.25, 0.3) is 0 Å². The molecule has 0 bridgehead atoms. The van der Waals surface area contributed by atoms with E-state index in [1.807, 2.05) is 4.90 Å². The maximum Gasteiger partial charge on any atom is 0.244 e. The van der Waals surface area contributed by atoms with Gasteiger partial charge in [-0.25, -0.2) is 4.68 Å². The first-order chi connectivity index (χ1) is 9.29. The van der Waals surface area contributed by atoms with Crippen molar-refractivity contribution in [3.63, 3.8) is 0 Å². The van der Waals surface area contributed by atoms with Crippen LogP contribution in [0.4, 0.5) is 0 Å². The van der Waals surface area contributed by atoms with E-state index in [9.17, 15) is 4.79 Å². The summed E-state index contributed by atoms with van der Waals surface area (Å²) in [5, 5.41) is 14.2. The van der Waals surface area contributed by atoms with Crippen LogP contribution in [0.25, 0.3) is 0 Å². The van der Waals surface area contributed by atoms with Crippen molar-refractivity contribution in [2.75, 3.05) is 33.4 Å². The Kier molecular flexibility index (Phi) is 5.22. The zero-order valence-electron chi connectivity index (χ0n) is 11.2. The average Bonchev–Trinajstić information content (AvgIpc) is 3.07. The second-order valence-electron chi connectivity index (χ2n) is 4.63. The fourth-order valence-electron chi connectivity index (χ4n) is 2.19. The number of nitrogens with one attached hydrogen (secondary N) is 1. The molecule has 0 saturated carbocycles. The Balaban J connectivity index is 1.88. The second kappa shape index (κ2) is 7.15. The molecule has 8 heteroatoms. The number of hydrogen-bond donors (Lipinski definition) is 1. The van der Waals surface area contributed by atoms with Gasteiger partial charge in [0.2, 0.25) is 5.91 Å². The van der Waals surface area contributed by atoms with E-state index in [1.165, 1.54) is 17.4 Å². The summed E-state index contributed by atoms with van der Waals surface area (Å²) in [5.74, 6) is 0.0121. The smallest absolute Gasteiger partial charge is 0.244 e. The van der Waals surface area contributed by atoms with Crippen molar-refractivity contribution in [2.45, 2.75) is 25.4 Å². The lowest BCUT2D eigenvalue weighted by Crippen LogP contribution is -2.44. The monoisotopic (exact) mass is 268 g/mol. The highest BCUT2D eigenvalue weighted by atomic mass is 16.5. The van der Waals surface area contributed by atoms with Crippen molar-refractivity contribution in [1.82, 2.24) is 30.4 Å². The third kappa shape index (κ3) is 4.25. The number of carbonyl (C=O) groups excluding carboxylic acids is 1. The van der Waals surface area contributed by atoms with E-state index in [-0.39, 0.29) is 12.5 Å². The molecule has 0 aliphatic carbocycles. The van der Waals surface area contributed by atoms with E-state index in [2.05, 4.69) is 20.8 Å². The van der Waals surface area contributed by atoms with Crippen molar-refractivity contribution in [1.29, 1.82) is 0 Å². The highest BCUT2D eigenvalue weighted by Gasteiger charge is 2.21. The first kappa shape index (κ1) is 13.9. The minimum Gasteiger partial charge on any atom is -0.383 e. The summed E-state index contributed by atoms with van der Waals surface area (Å²) in [5.41, 5.74) is 0. The summed E-state index contributed by atoms with van der Waals surface area (Å²) >= 11 is 0. The van der Waals surface area contributed by atoms with Gasteiger partial charge in [-0.2, -0.15) is 0 Å². The zero-order valence-corrected chi connectivity index (χ0v) is 11.2. The SMILES string of the molecule is COCCN(CC1CCCN1)C(=O)Cn1cnnn1.